The second-order valence-corrected chi connectivity index (χ2v) is 5.51. The van der Waals surface area contributed by atoms with Crippen LogP contribution in [0, 0.1) is 11.3 Å². The van der Waals surface area contributed by atoms with Crippen LogP contribution in [0.2, 0.25) is 5.02 Å². The third kappa shape index (κ3) is 5.40. The zero-order valence-electron chi connectivity index (χ0n) is 12.8. The number of nitriles is 1. The SMILES string of the molecule is N#Cc1ccc(NCCC(=O)Nc2cc(C(F)(F)F)ccc2Cl)cc1. The van der Waals surface area contributed by atoms with Crippen LogP contribution in [-0.4, -0.2) is 12.5 Å². The summed E-state index contributed by atoms with van der Waals surface area (Å²) in [7, 11) is 0. The van der Waals surface area contributed by atoms with E-state index in [1.165, 1.54) is 0 Å². The maximum atomic E-state index is 12.7. The van der Waals surface area contributed by atoms with Gasteiger partial charge in [-0.1, -0.05) is 11.6 Å². The predicted octanol–water partition coefficient (Wildman–Crippen LogP) is 4.67. The molecule has 2 aromatic rings. The smallest absolute Gasteiger partial charge is 0.385 e. The molecule has 0 aliphatic carbocycles. The molecule has 0 radical (unpaired) electrons. The van der Waals surface area contributed by atoms with E-state index in [-0.39, 0.29) is 23.7 Å². The minimum absolute atomic E-state index is 0.0291. The number of alkyl halides is 3. The molecular weight excluding hydrogens is 355 g/mol. The van der Waals surface area contributed by atoms with Crippen molar-refractivity contribution in [1.29, 1.82) is 5.26 Å². The molecule has 0 saturated carbocycles. The molecule has 0 saturated heterocycles. The molecule has 1 amide bonds. The molecular formula is C17H13ClF3N3O. The summed E-state index contributed by atoms with van der Waals surface area (Å²) in [4.78, 5) is 11.9. The third-order valence-electron chi connectivity index (χ3n) is 3.26. The summed E-state index contributed by atoms with van der Waals surface area (Å²) < 4.78 is 38.1. The summed E-state index contributed by atoms with van der Waals surface area (Å²) >= 11 is 5.82. The van der Waals surface area contributed by atoms with Crippen LogP contribution in [0.3, 0.4) is 0 Å². The first-order valence-corrected chi connectivity index (χ1v) is 7.58. The van der Waals surface area contributed by atoms with Gasteiger partial charge in [-0.3, -0.25) is 4.79 Å². The Bertz CT molecular complexity index is 798. The Morgan fingerprint density at radius 3 is 2.44 bits per heavy atom. The monoisotopic (exact) mass is 367 g/mol. The van der Waals surface area contributed by atoms with Gasteiger partial charge in [0.15, 0.2) is 0 Å². The first kappa shape index (κ1) is 18.6. The van der Waals surface area contributed by atoms with Gasteiger partial charge in [0.05, 0.1) is 27.9 Å². The molecule has 130 valence electrons. The van der Waals surface area contributed by atoms with Gasteiger partial charge in [-0.2, -0.15) is 18.4 Å². The van der Waals surface area contributed by atoms with Gasteiger partial charge in [-0.25, -0.2) is 0 Å². The molecule has 0 fully saturated rings. The average molecular weight is 368 g/mol. The van der Waals surface area contributed by atoms with E-state index in [4.69, 9.17) is 16.9 Å². The van der Waals surface area contributed by atoms with Crippen molar-refractivity contribution in [2.45, 2.75) is 12.6 Å². The molecule has 0 unspecified atom stereocenters. The number of benzene rings is 2. The minimum Gasteiger partial charge on any atom is -0.385 e. The Kier molecular flexibility index (Phi) is 5.88. The molecule has 0 atom stereocenters. The van der Waals surface area contributed by atoms with Gasteiger partial charge in [-0.15, -0.1) is 0 Å². The highest BCUT2D eigenvalue weighted by atomic mass is 35.5. The standard InChI is InChI=1S/C17H13ClF3N3O/c18-14-6-3-12(17(19,20)21)9-15(14)24-16(25)7-8-23-13-4-1-11(10-22)2-5-13/h1-6,9,23H,7-8H2,(H,24,25). The molecule has 8 heteroatoms. The van der Waals surface area contributed by atoms with E-state index in [1.54, 1.807) is 24.3 Å². The first-order valence-electron chi connectivity index (χ1n) is 7.20. The summed E-state index contributed by atoms with van der Waals surface area (Å²) in [5.41, 5.74) is 0.272. The van der Waals surface area contributed by atoms with Gasteiger partial charge >= 0.3 is 6.18 Å². The summed E-state index contributed by atoms with van der Waals surface area (Å²) in [6, 6.07) is 11.4. The van der Waals surface area contributed by atoms with Gasteiger partial charge in [0, 0.05) is 18.7 Å². The van der Waals surface area contributed by atoms with E-state index in [0.29, 0.717) is 5.56 Å². The van der Waals surface area contributed by atoms with Gasteiger partial charge in [0.2, 0.25) is 5.91 Å². The van der Waals surface area contributed by atoms with Crippen molar-refractivity contribution in [3.8, 4) is 6.07 Å². The molecule has 25 heavy (non-hydrogen) atoms. The van der Waals surface area contributed by atoms with E-state index >= 15 is 0 Å². The number of hydrogen-bond donors (Lipinski definition) is 2. The van der Waals surface area contributed by atoms with E-state index in [9.17, 15) is 18.0 Å². The lowest BCUT2D eigenvalue weighted by Gasteiger charge is -2.12. The quantitative estimate of drug-likeness (QED) is 0.807. The maximum absolute atomic E-state index is 12.7. The summed E-state index contributed by atoms with van der Waals surface area (Å²) in [5.74, 6) is -0.470. The fourth-order valence-electron chi connectivity index (χ4n) is 1.99. The summed E-state index contributed by atoms with van der Waals surface area (Å²) in [6.07, 6.45) is -4.48. The van der Waals surface area contributed by atoms with Crippen molar-refractivity contribution in [3.63, 3.8) is 0 Å². The highest BCUT2D eigenvalue weighted by molar-refractivity contribution is 6.33. The van der Waals surface area contributed by atoms with Crippen LogP contribution >= 0.6 is 11.6 Å². The van der Waals surface area contributed by atoms with Crippen LogP contribution in [-0.2, 0) is 11.0 Å². The first-order chi connectivity index (χ1) is 11.8. The Morgan fingerprint density at radius 1 is 1.16 bits per heavy atom. The third-order valence-corrected chi connectivity index (χ3v) is 3.59. The number of amides is 1. The van der Waals surface area contributed by atoms with Crippen molar-refractivity contribution >= 4 is 28.9 Å². The second kappa shape index (κ2) is 7.90. The van der Waals surface area contributed by atoms with Crippen LogP contribution in [0.25, 0.3) is 0 Å². The summed E-state index contributed by atoms with van der Waals surface area (Å²) in [6.45, 7) is 0.272. The number of carbonyl (C=O) groups excluding carboxylic acids is 1. The number of hydrogen-bond acceptors (Lipinski definition) is 3. The van der Waals surface area contributed by atoms with Crippen LogP contribution in [0.5, 0.6) is 0 Å². The van der Waals surface area contributed by atoms with Gasteiger partial charge in [0.25, 0.3) is 0 Å². The number of nitrogens with one attached hydrogen (secondary N) is 2. The number of anilines is 2. The van der Waals surface area contributed by atoms with Gasteiger partial charge in [-0.05, 0) is 42.5 Å². The van der Waals surface area contributed by atoms with E-state index in [0.717, 1.165) is 23.9 Å². The van der Waals surface area contributed by atoms with Crippen molar-refractivity contribution in [3.05, 3.63) is 58.6 Å². The average Bonchev–Trinajstić information content (AvgIpc) is 2.56. The van der Waals surface area contributed by atoms with Crippen LogP contribution in [0.1, 0.15) is 17.5 Å². The number of nitrogens with zero attached hydrogens (tertiary/aromatic N) is 1. The maximum Gasteiger partial charge on any atom is 0.416 e. The Labute approximate surface area is 147 Å². The van der Waals surface area contributed by atoms with Gasteiger partial charge in [0.1, 0.15) is 0 Å². The Balaban J connectivity index is 1.90. The lowest BCUT2D eigenvalue weighted by Crippen LogP contribution is -2.17. The molecule has 2 rings (SSSR count). The van der Waals surface area contributed by atoms with E-state index in [2.05, 4.69) is 10.6 Å². The second-order valence-electron chi connectivity index (χ2n) is 5.11. The van der Waals surface area contributed by atoms with E-state index in [1.807, 2.05) is 6.07 Å². The Hall–Kier alpha value is -2.72. The number of halogens is 4. The number of carbonyl (C=O) groups is 1. The van der Waals surface area contributed by atoms with E-state index < -0.39 is 17.6 Å². The fourth-order valence-corrected chi connectivity index (χ4v) is 2.16. The normalized spacial score (nSPS) is 10.8. The van der Waals surface area contributed by atoms with Crippen LogP contribution in [0.15, 0.2) is 42.5 Å². The minimum atomic E-state index is -4.51. The van der Waals surface area contributed by atoms with Gasteiger partial charge < -0.3 is 10.6 Å². The molecule has 4 nitrogen and oxygen atoms in total. The zero-order chi connectivity index (χ0) is 18.4. The molecule has 2 N–H and O–H groups in total. The topological polar surface area (TPSA) is 64.9 Å². The van der Waals surface area contributed by atoms with Crippen LogP contribution < -0.4 is 10.6 Å². The number of rotatable bonds is 5. The van der Waals surface area contributed by atoms with Crippen LogP contribution in [0.4, 0.5) is 24.5 Å². The zero-order valence-corrected chi connectivity index (χ0v) is 13.6. The molecule has 0 heterocycles. The largest absolute Gasteiger partial charge is 0.416 e. The highest BCUT2D eigenvalue weighted by Gasteiger charge is 2.31. The Morgan fingerprint density at radius 2 is 1.84 bits per heavy atom. The highest BCUT2D eigenvalue weighted by Crippen LogP contribution is 2.33. The summed E-state index contributed by atoms with van der Waals surface area (Å²) in [5, 5.41) is 14.1. The molecule has 0 aromatic heterocycles. The van der Waals surface area contributed by atoms with Crippen molar-refractivity contribution in [1.82, 2.24) is 0 Å². The molecule has 0 spiro atoms. The molecule has 2 aromatic carbocycles. The predicted molar refractivity (Wildman–Crippen MR) is 89.3 cm³/mol. The molecule has 0 bridgehead atoms. The van der Waals surface area contributed by atoms with Crippen molar-refractivity contribution < 1.29 is 18.0 Å². The van der Waals surface area contributed by atoms with Crippen molar-refractivity contribution in [2.24, 2.45) is 0 Å². The lowest BCUT2D eigenvalue weighted by atomic mass is 10.2. The lowest BCUT2D eigenvalue weighted by molar-refractivity contribution is -0.137. The molecule has 0 aliphatic heterocycles. The molecule has 0 aliphatic rings. The fraction of sp³-hybridized carbons (Fsp3) is 0.176. The van der Waals surface area contributed by atoms with Crippen molar-refractivity contribution in [2.75, 3.05) is 17.2 Å².